The van der Waals surface area contributed by atoms with Crippen LogP contribution in [0.5, 0.6) is 0 Å². The van der Waals surface area contributed by atoms with Gasteiger partial charge in [0.05, 0.1) is 0 Å². The van der Waals surface area contributed by atoms with Crippen LogP contribution in [0.1, 0.15) is 6.42 Å². The number of nitrogens with two attached hydrogens (primary N) is 1. The summed E-state index contributed by atoms with van der Waals surface area (Å²) in [4.78, 5) is 0. The van der Waals surface area contributed by atoms with Crippen molar-refractivity contribution in [1.82, 2.24) is 10.3 Å². The van der Waals surface area contributed by atoms with Crippen LogP contribution in [0.4, 0.5) is 0 Å². The summed E-state index contributed by atoms with van der Waals surface area (Å²) in [7, 11) is 0. The van der Waals surface area contributed by atoms with Crippen LogP contribution in [0.25, 0.3) is 0 Å². The minimum atomic E-state index is 0.832. The summed E-state index contributed by atoms with van der Waals surface area (Å²) in [5.74, 6) is 7.41. The van der Waals surface area contributed by atoms with Crippen molar-refractivity contribution in [1.29, 1.82) is 0 Å². The van der Waals surface area contributed by atoms with E-state index in [1.807, 2.05) is 5.01 Å². The van der Waals surface area contributed by atoms with Gasteiger partial charge < -0.3 is 5.32 Å². The van der Waals surface area contributed by atoms with Crippen LogP contribution in [0, 0.1) is 11.8 Å². The van der Waals surface area contributed by atoms with Gasteiger partial charge in [-0.3, -0.25) is 5.84 Å². The second-order valence-corrected chi connectivity index (χ2v) is 3.47. The average molecular weight is 141 g/mol. The second-order valence-electron chi connectivity index (χ2n) is 3.47. The maximum atomic E-state index is 5.70. The van der Waals surface area contributed by atoms with Gasteiger partial charge in [0, 0.05) is 13.1 Å². The van der Waals surface area contributed by atoms with Crippen molar-refractivity contribution in [3.63, 3.8) is 0 Å². The van der Waals surface area contributed by atoms with E-state index in [2.05, 4.69) is 5.32 Å². The molecule has 0 saturated carbocycles. The van der Waals surface area contributed by atoms with Crippen molar-refractivity contribution in [2.45, 2.75) is 6.42 Å². The third-order valence-corrected chi connectivity index (χ3v) is 2.70. The third kappa shape index (κ3) is 1.05. The first-order chi connectivity index (χ1) is 4.86. The Hall–Kier alpha value is -0.120. The van der Waals surface area contributed by atoms with Crippen LogP contribution < -0.4 is 11.2 Å². The molecule has 2 unspecified atom stereocenters. The van der Waals surface area contributed by atoms with Crippen LogP contribution in [-0.4, -0.2) is 31.2 Å². The Morgan fingerprint density at radius 1 is 1.30 bits per heavy atom. The first kappa shape index (κ1) is 6.58. The molecule has 0 radical (unpaired) electrons. The quantitative estimate of drug-likeness (QED) is 0.443. The SMILES string of the molecule is NN1CC2CCNCC2C1. The fourth-order valence-electron chi connectivity index (χ4n) is 2.11. The number of fused-ring (bicyclic) bond motifs is 1. The lowest BCUT2D eigenvalue weighted by Gasteiger charge is -2.24. The molecule has 0 aromatic heterocycles. The third-order valence-electron chi connectivity index (χ3n) is 2.70. The molecule has 0 amide bonds. The van der Waals surface area contributed by atoms with E-state index in [0.29, 0.717) is 0 Å². The zero-order valence-electron chi connectivity index (χ0n) is 6.21. The Morgan fingerprint density at radius 3 is 2.90 bits per heavy atom. The molecular weight excluding hydrogens is 126 g/mol. The summed E-state index contributed by atoms with van der Waals surface area (Å²) in [6, 6.07) is 0. The van der Waals surface area contributed by atoms with Gasteiger partial charge in [0.1, 0.15) is 0 Å². The molecule has 2 rings (SSSR count). The van der Waals surface area contributed by atoms with E-state index < -0.39 is 0 Å². The molecule has 0 aromatic carbocycles. The molecule has 0 bridgehead atoms. The number of piperidine rings is 1. The zero-order chi connectivity index (χ0) is 6.97. The largest absolute Gasteiger partial charge is 0.316 e. The molecule has 0 aromatic rings. The predicted octanol–water partition coefficient (Wildman–Crippen LogP) is -0.599. The first-order valence-electron chi connectivity index (χ1n) is 4.06. The van der Waals surface area contributed by atoms with Gasteiger partial charge in [-0.05, 0) is 31.3 Å². The number of hydrogen-bond donors (Lipinski definition) is 2. The highest BCUT2D eigenvalue weighted by Crippen LogP contribution is 2.25. The molecule has 2 atom stereocenters. The molecule has 2 aliphatic heterocycles. The van der Waals surface area contributed by atoms with E-state index >= 15 is 0 Å². The minimum absolute atomic E-state index is 0.832. The van der Waals surface area contributed by atoms with Gasteiger partial charge in [-0.15, -0.1) is 0 Å². The molecule has 58 valence electrons. The lowest BCUT2D eigenvalue weighted by Crippen LogP contribution is -2.35. The molecule has 3 nitrogen and oxygen atoms in total. The van der Waals surface area contributed by atoms with Crippen molar-refractivity contribution < 1.29 is 0 Å². The molecule has 3 heteroatoms. The Morgan fingerprint density at radius 2 is 2.10 bits per heavy atom. The summed E-state index contributed by atoms with van der Waals surface area (Å²) in [5.41, 5.74) is 0. The van der Waals surface area contributed by atoms with E-state index in [9.17, 15) is 0 Å². The van der Waals surface area contributed by atoms with Crippen LogP contribution in [0.15, 0.2) is 0 Å². The lowest BCUT2D eigenvalue weighted by atomic mass is 9.90. The van der Waals surface area contributed by atoms with Gasteiger partial charge in [0.2, 0.25) is 0 Å². The fourth-order valence-corrected chi connectivity index (χ4v) is 2.11. The van der Waals surface area contributed by atoms with Crippen molar-refractivity contribution in [2.24, 2.45) is 17.7 Å². The van der Waals surface area contributed by atoms with Crippen LogP contribution in [-0.2, 0) is 0 Å². The molecule has 2 saturated heterocycles. The maximum Gasteiger partial charge on any atom is 0.0172 e. The summed E-state index contributed by atoms with van der Waals surface area (Å²) in [6.07, 6.45) is 1.32. The van der Waals surface area contributed by atoms with Gasteiger partial charge in [0.25, 0.3) is 0 Å². The predicted molar refractivity (Wildman–Crippen MR) is 40.2 cm³/mol. The van der Waals surface area contributed by atoms with Gasteiger partial charge in [-0.1, -0.05) is 0 Å². The Labute approximate surface area is 61.5 Å². The maximum absolute atomic E-state index is 5.70. The van der Waals surface area contributed by atoms with E-state index in [1.54, 1.807) is 0 Å². The highest BCUT2D eigenvalue weighted by Gasteiger charge is 2.32. The van der Waals surface area contributed by atoms with Gasteiger partial charge in [-0.2, -0.15) is 0 Å². The van der Waals surface area contributed by atoms with Crippen LogP contribution in [0.2, 0.25) is 0 Å². The zero-order valence-corrected chi connectivity index (χ0v) is 6.21. The van der Waals surface area contributed by atoms with Crippen molar-refractivity contribution >= 4 is 0 Å². The van der Waals surface area contributed by atoms with Crippen molar-refractivity contribution in [2.75, 3.05) is 26.2 Å². The van der Waals surface area contributed by atoms with Gasteiger partial charge >= 0.3 is 0 Å². The fraction of sp³-hybridized carbons (Fsp3) is 1.00. The van der Waals surface area contributed by atoms with E-state index in [1.165, 1.54) is 19.5 Å². The van der Waals surface area contributed by atoms with E-state index in [-0.39, 0.29) is 0 Å². The highest BCUT2D eigenvalue weighted by molar-refractivity contribution is 4.86. The summed E-state index contributed by atoms with van der Waals surface area (Å²) in [6.45, 7) is 4.58. The molecular formula is C7H15N3. The Bertz CT molecular complexity index is 112. The summed E-state index contributed by atoms with van der Waals surface area (Å²) >= 11 is 0. The molecule has 10 heavy (non-hydrogen) atoms. The normalized spacial score (nSPS) is 41.7. The molecule has 3 N–H and O–H groups in total. The molecule has 2 fully saturated rings. The number of nitrogens with zero attached hydrogens (tertiary/aromatic N) is 1. The lowest BCUT2D eigenvalue weighted by molar-refractivity contribution is 0.318. The Balaban J connectivity index is 1.97. The standard InChI is InChI=1S/C7H15N3/c8-10-4-6-1-2-9-3-7(6)5-10/h6-7,9H,1-5,8H2. The van der Waals surface area contributed by atoms with Gasteiger partial charge in [0.15, 0.2) is 0 Å². The molecule has 0 spiro atoms. The van der Waals surface area contributed by atoms with E-state index in [4.69, 9.17) is 5.84 Å². The second kappa shape index (κ2) is 2.49. The Kier molecular flexibility index (Phi) is 1.64. The van der Waals surface area contributed by atoms with Crippen molar-refractivity contribution in [3.8, 4) is 0 Å². The summed E-state index contributed by atoms with van der Waals surface area (Å²) in [5, 5.41) is 5.36. The first-order valence-corrected chi connectivity index (χ1v) is 4.06. The minimum Gasteiger partial charge on any atom is -0.316 e. The van der Waals surface area contributed by atoms with Crippen LogP contribution >= 0.6 is 0 Å². The number of hydrogen-bond acceptors (Lipinski definition) is 3. The van der Waals surface area contributed by atoms with E-state index in [0.717, 1.165) is 24.9 Å². The van der Waals surface area contributed by atoms with Crippen LogP contribution in [0.3, 0.4) is 0 Å². The molecule has 2 aliphatic rings. The molecule has 2 heterocycles. The smallest absolute Gasteiger partial charge is 0.0172 e. The van der Waals surface area contributed by atoms with Crippen molar-refractivity contribution in [3.05, 3.63) is 0 Å². The summed E-state index contributed by atoms with van der Waals surface area (Å²) < 4.78 is 0. The monoisotopic (exact) mass is 141 g/mol. The van der Waals surface area contributed by atoms with Gasteiger partial charge in [-0.25, -0.2) is 5.01 Å². The number of rotatable bonds is 0. The average Bonchev–Trinajstić information content (AvgIpc) is 2.27. The highest BCUT2D eigenvalue weighted by atomic mass is 15.4. The topological polar surface area (TPSA) is 41.3 Å². The number of nitrogens with one attached hydrogen (secondary N) is 1. The molecule has 0 aliphatic carbocycles. The number of hydrazine groups is 1.